The summed E-state index contributed by atoms with van der Waals surface area (Å²) in [5.74, 6) is 4.18. The number of nitrogens with zero attached hydrogens (tertiary/aromatic N) is 3. The van der Waals surface area contributed by atoms with Crippen LogP contribution >= 0.6 is 0 Å². The first kappa shape index (κ1) is 35.9. The molecule has 1 aliphatic heterocycles. The van der Waals surface area contributed by atoms with Crippen LogP contribution in [0, 0.1) is 11.8 Å². The summed E-state index contributed by atoms with van der Waals surface area (Å²) < 4.78 is 6.63. The predicted molar refractivity (Wildman–Crippen MR) is 182 cm³/mol. The Bertz CT molecular complexity index is 1180. The maximum Gasteiger partial charge on any atom is 0.146 e. The molecule has 1 fully saturated rings. The predicted octanol–water partition coefficient (Wildman–Crippen LogP) is 7.94. The highest BCUT2D eigenvalue weighted by Gasteiger charge is 2.26. The van der Waals surface area contributed by atoms with Crippen LogP contribution in [-0.2, 0) is 9.53 Å². The molecule has 2 atom stereocenters. The number of aliphatic hydroxyl groups is 1. The van der Waals surface area contributed by atoms with E-state index in [-0.39, 0.29) is 0 Å². The molecule has 2 rings (SSSR count). The normalized spacial score (nSPS) is 19.1. The van der Waals surface area contributed by atoms with Gasteiger partial charge < -0.3 is 19.6 Å². The number of rotatable bonds is 18. The first-order valence-corrected chi connectivity index (χ1v) is 15.9. The lowest BCUT2D eigenvalue weighted by atomic mass is 9.91. The lowest BCUT2D eigenvalue weighted by molar-refractivity contribution is 0.175. The molecular formula is C37H55N3O3. The lowest BCUT2D eigenvalue weighted by Gasteiger charge is -2.21. The van der Waals surface area contributed by atoms with E-state index in [1.807, 2.05) is 25.4 Å². The van der Waals surface area contributed by atoms with Crippen molar-refractivity contribution < 1.29 is 14.6 Å². The summed E-state index contributed by atoms with van der Waals surface area (Å²) in [6.45, 7) is 13.6. The van der Waals surface area contributed by atoms with Crippen molar-refractivity contribution in [3.05, 3.63) is 88.6 Å². The molecule has 1 saturated heterocycles. The maximum absolute atomic E-state index is 11.8. The number of hydrogen-bond acceptors (Lipinski definition) is 6. The second-order valence-corrected chi connectivity index (χ2v) is 11.9. The number of allylic oxidation sites excluding steroid dienone is 11. The van der Waals surface area contributed by atoms with Crippen molar-refractivity contribution in [2.24, 2.45) is 16.8 Å². The summed E-state index contributed by atoms with van der Waals surface area (Å²) in [5.41, 5.74) is 5.42. The molecule has 43 heavy (non-hydrogen) atoms. The highest BCUT2D eigenvalue weighted by Crippen LogP contribution is 2.33. The molecular weight excluding hydrogens is 534 g/mol. The molecule has 236 valence electrons. The minimum Gasteiger partial charge on any atom is -0.513 e. The van der Waals surface area contributed by atoms with Gasteiger partial charge in [-0.15, -0.1) is 6.58 Å². The second-order valence-electron chi connectivity index (χ2n) is 11.9. The number of ether oxygens (including phenoxy) is 1. The van der Waals surface area contributed by atoms with Crippen molar-refractivity contribution in [3.63, 3.8) is 0 Å². The van der Waals surface area contributed by atoms with Crippen molar-refractivity contribution in [3.8, 4) is 0 Å². The molecule has 6 nitrogen and oxygen atoms in total. The molecule has 1 unspecified atom stereocenters. The summed E-state index contributed by atoms with van der Waals surface area (Å²) >= 11 is 0. The van der Waals surface area contributed by atoms with E-state index >= 15 is 0 Å². The van der Waals surface area contributed by atoms with Crippen LogP contribution in [-0.4, -0.2) is 74.4 Å². The van der Waals surface area contributed by atoms with Gasteiger partial charge in [0.15, 0.2) is 0 Å². The Kier molecular flexibility index (Phi) is 16.5. The average molecular weight is 590 g/mol. The van der Waals surface area contributed by atoms with Crippen LogP contribution in [0.2, 0.25) is 0 Å². The summed E-state index contributed by atoms with van der Waals surface area (Å²) in [7, 11) is 5.94. The second kappa shape index (κ2) is 19.8. The van der Waals surface area contributed by atoms with E-state index in [1.165, 1.54) is 5.57 Å². The molecule has 0 saturated carbocycles. The third kappa shape index (κ3) is 12.4. The summed E-state index contributed by atoms with van der Waals surface area (Å²) in [6.07, 6.45) is 23.0. The van der Waals surface area contributed by atoms with Crippen LogP contribution in [0.25, 0.3) is 0 Å². The van der Waals surface area contributed by atoms with Crippen LogP contribution < -0.4 is 0 Å². The van der Waals surface area contributed by atoms with E-state index in [4.69, 9.17) is 4.74 Å². The third-order valence-corrected chi connectivity index (χ3v) is 8.22. The number of hydrogen-bond donors (Lipinski definition) is 1. The fourth-order valence-electron chi connectivity index (χ4n) is 5.29. The van der Waals surface area contributed by atoms with Crippen LogP contribution in [0.1, 0.15) is 72.1 Å². The van der Waals surface area contributed by atoms with Gasteiger partial charge in [-0.3, -0.25) is 4.99 Å². The van der Waals surface area contributed by atoms with E-state index in [9.17, 15) is 9.90 Å². The zero-order chi connectivity index (χ0) is 31.6. The Balaban J connectivity index is 2.19. The largest absolute Gasteiger partial charge is 0.513 e. The highest BCUT2D eigenvalue weighted by molar-refractivity contribution is 5.86. The van der Waals surface area contributed by atoms with E-state index in [0.29, 0.717) is 43.5 Å². The molecule has 0 aromatic rings. The van der Waals surface area contributed by atoms with Crippen LogP contribution in [0.4, 0.5) is 0 Å². The van der Waals surface area contributed by atoms with Gasteiger partial charge in [0.05, 0.1) is 12.4 Å². The van der Waals surface area contributed by atoms with Gasteiger partial charge in [-0.2, -0.15) is 0 Å². The van der Waals surface area contributed by atoms with Crippen LogP contribution in [0.3, 0.4) is 0 Å². The van der Waals surface area contributed by atoms with E-state index in [2.05, 4.69) is 92.6 Å². The minimum absolute atomic E-state index is 0.324. The van der Waals surface area contributed by atoms with Gasteiger partial charge in [-0.1, -0.05) is 49.8 Å². The minimum atomic E-state index is 0.324. The molecule has 6 heteroatoms. The molecule has 0 aromatic heterocycles. The van der Waals surface area contributed by atoms with Crippen molar-refractivity contribution >= 4 is 12.2 Å². The van der Waals surface area contributed by atoms with Gasteiger partial charge in [-0.05, 0) is 88.8 Å². The number of carbonyl (C=O) groups excluding carboxylic acids is 1. The van der Waals surface area contributed by atoms with Gasteiger partial charge in [0, 0.05) is 57.2 Å². The molecule has 2 aliphatic rings. The standard InChI is InChI=1S/C37H55N3O3/c1-8-10-17-34(42)18-14-15-30(4)32-19-20-35(29(3)9-2)36(25-38-5)37(24-32)43-28-31-21-23-40(26-31)33(27-41)16-12-11-13-22-39(6)7/h8,11-12,15,18-19,24-25,29,31,42H,1,9-10,13-14,16-17,20-23,26,28H2,2-7H3/b12-11+,30-15+,34-18+,38-25-/t29-,31?/m0/s1. The van der Waals surface area contributed by atoms with Gasteiger partial charge in [0.25, 0.3) is 0 Å². The summed E-state index contributed by atoms with van der Waals surface area (Å²) in [5, 5.41) is 10.1. The Labute approximate surface area is 261 Å². The molecule has 0 spiro atoms. The van der Waals surface area contributed by atoms with Gasteiger partial charge >= 0.3 is 0 Å². The topological polar surface area (TPSA) is 65.4 Å². The van der Waals surface area contributed by atoms with Gasteiger partial charge in [-0.25, -0.2) is 4.79 Å². The molecule has 0 bridgehead atoms. The van der Waals surface area contributed by atoms with E-state index < -0.39 is 0 Å². The fraction of sp³-hybridized carbons (Fsp3) is 0.541. The highest BCUT2D eigenvalue weighted by atomic mass is 16.5. The quantitative estimate of drug-likeness (QED) is 0.0761. The molecule has 0 radical (unpaired) electrons. The summed E-state index contributed by atoms with van der Waals surface area (Å²) in [6, 6.07) is 0. The van der Waals surface area contributed by atoms with Crippen LogP contribution in [0.15, 0.2) is 93.6 Å². The number of aliphatic imine (C=N–C) groups is 1. The Morgan fingerprint density at radius 2 is 2.09 bits per heavy atom. The monoisotopic (exact) mass is 589 g/mol. The molecule has 1 heterocycles. The molecule has 0 amide bonds. The number of likely N-dealkylation sites (tertiary alicyclic amines) is 1. The van der Waals surface area contributed by atoms with Crippen molar-refractivity contribution in [2.45, 2.75) is 72.1 Å². The Morgan fingerprint density at radius 1 is 1.30 bits per heavy atom. The van der Waals surface area contributed by atoms with E-state index in [1.54, 1.807) is 0 Å². The molecule has 1 aliphatic carbocycles. The first-order chi connectivity index (χ1) is 20.7. The Hall–Kier alpha value is -3.34. The molecule has 0 aromatic carbocycles. The smallest absolute Gasteiger partial charge is 0.146 e. The van der Waals surface area contributed by atoms with Crippen molar-refractivity contribution in [1.82, 2.24) is 9.80 Å². The first-order valence-electron chi connectivity index (χ1n) is 15.9. The maximum atomic E-state index is 11.8. The summed E-state index contributed by atoms with van der Waals surface area (Å²) in [4.78, 5) is 20.5. The molecule has 1 N–H and O–H groups in total. The Morgan fingerprint density at radius 3 is 2.77 bits per heavy atom. The zero-order valence-electron chi connectivity index (χ0n) is 27.6. The van der Waals surface area contributed by atoms with Crippen molar-refractivity contribution in [2.75, 3.05) is 47.4 Å². The SMILES string of the molecule is C=CCC/C(O)=C\C/C=C(\C)C1=CCC([C@@H](C)CC)=C(/C=N\C)C(OCC2CCN(C(=C=O)C/C=C/CCN(C)C)C2)=C1. The average Bonchev–Trinajstić information content (AvgIpc) is 3.38. The van der Waals surface area contributed by atoms with E-state index in [0.717, 1.165) is 79.9 Å². The lowest BCUT2D eigenvalue weighted by Crippen LogP contribution is -2.22. The van der Waals surface area contributed by atoms with Crippen molar-refractivity contribution in [1.29, 1.82) is 0 Å². The fourth-order valence-corrected chi connectivity index (χ4v) is 5.29. The number of aliphatic hydroxyl groups excluding tert-OH is 1. The van der Waals surface area contributed by atoms with Crippen LogP contribution in [0.5, 0.6) is 0 Å². The van der Waals surface area contributed by atoms with Gasteiger partial charge in [0.2, 0.25) is 0 Å². The third-order valence-electron chi connectivity index (χ3n) is 8.22. The van der Waals surface area contributed by atoms with Gasteiger partial charge in [0.1, 0.15) is 17.4 Å². The zero-order valence-corrected chi connectivity index (χ0v) is 27.6.